The number of alkyl halides is 3. The first-order valence-corrected chi connectivity index (χ1v) is 15.9. The van der Waals surface area contributed by atoms with Crippen LogP contribution in [0.25, 0.3) is 39.0 Å². The molecule has 5 heterocycles. The SMILES string of the molecule is C=Cc1cc2c(N3CCC4(CC3)CNC4)nc(C3CCN(C(C)=O)CC3)nc2c(OCC(F)(F)F)c1-c1c(C)ccc2[nH]ncc12. The van der Waals surface area contributed by atoms with Crippen LogP contribution in [0.5, 0.6) is 5.75 Å². The van der Waals surface area contributed by atoms with Crippen LogP contribution >= 0.6 is 0 Å². The number of ether oxygens (including phenoxy) is 1. The van der Waals surface area contributed by atoms with E-state index in [1.807, 2.05) is 30.0 Å². The molecule has 7 rings (SSSR count). The smallest absolute Gasteiger partial charge is 0.422 e. The molecule has 242 valence electrons. The molecule has 2 aromatic heterocycles. The van der Waals surface area contributed by atoms with E-state index in [2.05, 4.69) is 27.0 Å². The van der Waals surface area contributed by atoms with Crippen molar-refractivity contribution in [3.8, 4) is 16.9 Å². The number of H-pyrrole nitrogens is 1. The van der Waals surface area contributed by atoms with Crippen molar-refractivity contribution >= 4 is 39.6 Å². The summed E-state index contributed by atoms with van der Waals surface area (Å²) in [6.07, 6.45) is 2.12. The zero-order valence-corrected chi connectivity index (χ0v) is 26.1. The van der Waals surface area contributed by atoms with Gasteiger partial charge in [-0.15, -0.1) is 0 Å². The van der Waals surface area contributed by atoms with Crippen LogP contribution in [0.15, 0.2) is 31.0 Å². The summed E-state index contributed by atoms with van der Waals surface area (Å²) in [6.45, 7) is 10.8. The third-order valence-corrected chi connectivity index (χ3v) is 10.1. The number of nitrogens with zero attached hydrogens (tertiary/aromatic N) is 5. The lowest BCUT2D eigenvalue weighted by molar-refractivity contribution is -0.153. The molecule has 3 fully saturated rings. The predicted molar refractivity (Wildman–Crippen MR) is 172 cm³/mol. The molecule has 0 atom stereocenters. The number of carbonyl (C=O) groups is 1. The first-order valence-electron chi connectivity index (χ1n) is 15.9. The Bertz CT molecular complexity index is 1810. The van der Waals surface area contributed by atoms with Gasteiger partial charge in [-0.1, -0.05) is 18.7 Å². The van der Waals surface area contributed by atoms with Crippen molar-refractivity contribution in [3.05, 3.63) is 47.9 Å². The monoisotopic (exact) mass is 633 g/mol. The fourth-order valence-corrected chi connectivity index (χ4v) is 7.33. The van der Waals surface area contributed by atoms with Crippen LogP contribution in [0, 0.1) is 12.3 Å². The molecule has 3 saturated heterocycles. The Labute approximate surface area is 265 Å². The second-order valence-corrected chi connectivity index (χ2v) is 13.0. The maximum atomic E-state index is 13.9. The van der Waals surface area contributed by atoms with Crippen LogP contribution < -0.4 is 15.0 Å². The van der Waals surface area contributed by atoms with Crippen molar-refractivity contribution in [2.75, 3.05) is 50.8 Å². The Kier molecular flexibility index (Phi) is 7.65. The molecule has 2 aromatic carbocycles. The van der Waals surface area contributed by atoms with Crippen LogP contribution in [0.1, 0.15) is 55.5 Å². The fourth-order valence-electron chi connectivity index (χ4n) is 7.33. The molecule has 0 bridgehead atoms. The summed E-state index contributed by atoms with van der Waals surface area (Å²) in [6, 6.07) is 5.76. The Balaban J connectivity index is 1.46. The molecule has 1 amide bonds. The first kappa shape index (κ1) is 30.5. The Morgan fingerprint density at radius 1 is 1.11 bits per heavy atom. The minimum atomic E-state index is -4.57. The largest absolute Gasteiger partial charge is 0.481 e. The second kappa shape index (κ2) is 11.6. The van der Waals surface area contributed by atoms with Gasteiger partial charge in [-0.25, -0.2) is 9.97 Å². The molecule has 0 unspecified atom stereocenters. The lowest BCUT2D eigenvalue weighted by Crippen LogP contribution is -2.58. The quantitative estimate of drug-likeness (QED) is 0.270. The van der Waals surface area contributed by atoms with Crippen LogP contribution in [0.2, 0.25) is 0 Å². The highest BCUT2D eigenvalue weighted by Gasteiger charge is 2.41. The number of nitrogens with one attached hydrogen (secondary N) is 2. The minimum absolute atomic E-state index is 0.0273. The number of likely N-dealkylation sites (tertiary alicyclic amines) is 1. The van der Waals surface area contributed by atoms with Gasteiger partial charge in [0.15, 0.2) is 12.4 Å². The molecule has 2 N–H and O–H groups in total. The van der Waals surface area contributed by atoms with Crippen LogP contribution in [0.3, 0.4) is 0 Å². The highest BCUT2D eigenvalue weighted by molar-refractivity contribution is 6.07. The lowest BCUT2D eigenvalue weighted by Gasteiger charge is -2.48. The summed E-state index contributed by atoms with van der Waals surface area (Å²) in [4.78, 5) is 26.3. The van der Waals surface area contributed by atoms with Gasteiger partial charge in [-0.2, -0.15) is 18.3 Å². The van der Waals surface area contributed by atoms with Gasteiger partial charge in [-0.05, 0) is 66.8 Å². The number of aromatic nitrogens is 4. The maximum Gasteiger partial charge on any atom is 0.422 e. The van der Waals surface area contributed by atoms with E-state index in [0.29, 0.717) is 70.6 Å². The molecule has 0 aliphatic carbocycles. The molecule has 3 aliphatic rings. The van der Waals surface area contributed by atoms with E-state index in [0.717, 1.165) is 55.5 Å². The van der Waals surface area contributed by atoms with Gasteiger partial charge >= 0.3 is 6.18 Å². The van der Waals surface area contributed by atoms with E-state index >= 15 is 0 Å². The average molecular weight is 634 g/mol. The Hall–Kier alpha value is -4.19. The van der Waals surface area contributed by atoms with E-state index in [4.69, 9.17) is 14.7 Å². The van der Waals surface area contributed by atoms with E-state index < -0.39 is 12.8 Å². The zero-order valence-electron chi connectivity index (χ0n) is 26.1. The summed E-state index contributed by atoms with van der Waals surface area (Å²) in [7, 11) is 0. The second-order valence-electron chi connectivity index (χ2n) is 13.0. The van der Waals surface area contributed by atoms with E-state index in [9.17, 15) is 18.0 Å². The molecule has 1 spiro atoms. The number of hydrogen-bond acceptors (Lipinski definition) is 7. The van der Waals surface area contributed by atoms with Gasteiger partial charge in [0.25, 0.3) is 0 Å². The van der Waals surface area contributed by atoms with Crippen LogP contribution in [0.4, 0.5) is 19.0 Å². The fraction of sp³-hybridized carbons (Fsp3) is 0.471. The molecule has 0 saturated carbocycles. The number of aromatic amines is 1. The number of halogens is 3. The number of fused-ring (bicyclic) bond motifs is 2. The standard InChI is InChI=1S/C34H38F3N7O2/c1-4-22-15-24-29(30(46-19-34(35,36)37)28(22)27-20(2)5-6-26-25(27)16-39-42-26)40-31(23-7-11-43(12-8-23)21(3)45)41-32(24)44-13-9-33(10-14-44)17-38-18-33/h4-6,15-16,23,38H,1,7-14,17-19H2,2-3H3,(H,39,42). The molecular weight excluding hydrogens is 595 g/mol. The normalized spacial score (nSPS) is 18.7. The van der Waals surface area contributed by atoms with Gasteiger partial charge in [0.2, 0.25) is 5.91 Å². The van der Waals surface area contributed by atoms with Crippen LogP contribution in [-0.4, -0.2) is 83.0 Å². The van der Waals surface area contributed by atoms with E-state index in [-0.39, 0.29) is 17.6 Å². The number of amides is 1. The van der Waals surface area contributed by atoms with Crippen molar-refractivity contribution in [3.63, 3.8) is 0 Å². The number of rotatable bonds is 6. The topological polar surface area (TPSA) is 99.3 Å². The molecule has 0 radical (unpaired) electrons. The van der Waals surface area contributed by atoms with E-state index in [1.54, 1.807) is 19.2 Å². The number of anilines is 1. The summed E-state index contributed by atoms with van der Waals surface area (Å²) in [5.41, 5.74) is 4.10. The number of aryl methyl sites for hydroxylation is 1. The summed E-state index contributed by atoms with van der Waals surface area (Å²) < 4.78 is 47.4. The van der Waals surface area contributed by atoms with Gasteiger partial charge < -0.3 is 19.9 Å². The molecule has 9 nitrogen and oxygen atoms in total. The van der Waals surface area contributed by atoms with Crippen molar-refractivity contribution in [2.24, 2.45) is 5.41 Å². The molecular formula is C34H38F3N7O2. The number of carbonyl (C=O) groups excluding carboxylic acids is 1. The number of piperidine rings is 2. The lowest BCUT2D eigenvalue weighted by atomic mass is 9.73. The minimum Gasteiger partial charge on any atom is -0.481 e. The van der Waals surface area contributed by atoms with Gasteiger partial charge in [0.05, 0.1) is 11.7 Å². The van der Waals surface area contributed by atoms with Crippen molar-refractivity contribution < 1.29 is 22.7 Å². The van der Waals surface area contributed by atoms with Gasteiger partial charge in [-0.3, -0.25) is 9.89 Å². The zero-order chi connectivity index (χ0) is 32.2. The average Bonchev–Trinajstić information content (AvgIpc) is 3.51. The summed E-state index contributed by atoms with van der Waals surface area (Å²) in [5, 5.41) is 12.0. The summed E-state index contributed by atoms with van der Waals surface area (Å²) >= 11 is 0. The third-order valence-electron chi connectivity index (χ3n) is 10.1. The van der Waals surface area contributed by atoms with Crippen molar-refractivity contribution in [2.45, 2.75) is 51.6 Å². The van der Waals surface area contributed by atoms with Crippen molar-refractivity contribution in [1.29, 1.82) is 0 Å². The first-order chi connectivity index (χ1) is 22.1. The van der Waals surface area contributed by atoms with Crippen molar-refractivity contribution in [1.82, 2.24) is 30.4 Å². The van der Waals surface area contributed by atoms with E-state index in [1.165, 1.54) is 0 Å². The Morgan fingerprint density at radius 3 is 2.48 bits per heavy atom. The molecule has 3 aliphatic heterocycles. The number of hydrogen-bond donors (Lipinski definition) is 2. The highest BCUT2D eigenvalue weighted by atomic mass is 19.4. The molecule has 46 heavy (non-hydrogen) atoms. The molecule has 4 aromatic rings. The predicted octanol–water partition coefficient (Wildman–Crippen LogP) is 5.98. The van der Waals surface area contributed by atoms with Crippen LogP contribution in [-0.2, 0) is 4.79 Å². The Morgan fingerprint density at radius 2 is 1.85 bits per heavy atom. The van der Waals surface area contributed by atoms with Gasteiger partial charge in [0, 0.05) is 68.4 Å². The maximum absolute atomic E-state index is 13.9. The highest BCUT2D eigenvalue weighted by Crippen LogP contribution is 2.47. The molecule has 12 heteroatoms. The number of benzene rings is 2. The summed E-state index contributed by atoms with van der Waals surface area (Å²) in [5.74, 6) is 1.32. The van der Waals surface area contributed by atoms with Gasteiger partial charge in [0.1, 0.15) is 17.2 Å². The third kappa shape index (κ3) is 5.46.